The van der Waals surface area contributed by atoms with Crippen LogP contribution in [0, 0.1) is 10.1 Å². The SMILES string of the molecule is COc1ccccc1N[C@@H](C)C(=O)N/N=C\c1cccc([N+](=O)[O-])c1. The molecule has 0 bridgehead atoms. The molecule has 0 fully saturated rings. The molecule has 0 saturated heterocycles. The van der Waals surface area contributed by atoms with Gasteiger partial charge in [0.25, 0.3) is 11.6 Å². The van der Waals surface area contributed by atoms with Crippen molar-refractivity contribution in [1.29, 1.82) is 0 Å². The van der Waals surface area contributed by atoms with Gasteiger partial charge in [-0.15, -0.1) is 0 Å². The van der Waals surface area contributed by atoms with Crippen LogP contribution in [-0.4, -0.2) is 30.2 Å². The number of nitro groups is 1. The molecule has 1 amide bonds. The molecule has 0 aliphatic carbocycles. The molecule has 2 aromatic rings. The van der Waals surface area contributed by atoms with Crippen molar-refractivity contribution in [2.45, 2.75) is 13.0 Å². The summed E-state index contributed by atoms with van der Waals surface area (Å²) in [5.74, 6) is 0.273. The highest BCUT2D eigenvalue weighted by atomic mass is 16.6. The Kier molecular flexibility index (Phi) is 6.05. The third-order valence-corrected chi connectivity index (χ3v) is 3.34. The van der Waals surface area contributed by atoms with Gasteiger partial charge in [0.15, 0.2) is 0 Å². The number of carbonyl (C=O) groups excluding carboxylic acids is 1. The maximum atomic E-state index is 12.1. The topological polar surface area (TPSA) is 106 Å². The van der Waals surface area contributed by atoms with E-state index in [0.717, 1.165) is 0 Å². The first-order chi connectivity index (χ1) is 12.0. The Morgan fingerprint density at radius 2 is 2.04 bits per heavy atom. The van der Waals surface area contributed by atoms with Crippen LogP contribution in [0.1, 0.15) is 12.5 Å². The molecule has 130 valence electrons. The number of hydrazone groups is 1. The first-order valence-corrected chi connectivity index (χ1v) is 7.48. The Hall–Kier alpha value is -3.42. The van der Waals surface area contributed by atoms with Crippen LogP contribution in [0.25, 0.3) is 0 Å². The van der Waals surface area contributed by atoms with E-state index in [1.165, 1.54) is 18.3 Å². The van der Waals surface area contributed by atoms with Crippen LogP contribution in [0.3, 0.4) is 0 Å². The summed E-state index contributed by atoms with van der Waals surface area (Å²) >= 11 is 0. The zero-order valence-corrected chi connectivity index (χ0v) is 13.8. The molecule has 0 aromatic heterocycles. The van der Waals surface area contributed by atoms with Crippen LogP contribution >= 0.6 is 0 Å². The van der Waals surface area contributed by atoms with Crippen molar-refractivity contribution in [3.05, 3.63) is 64.2 Å². The predicted molar refractivity (Wildman–Crippen MR) is 94.9 cm³/mol. The lowest BCUT2D eigenvalue weighted by atomic mass is 10.2. The van der Waals surface area contributed by atoms with E-state index >= 15 is 0 Å². The summed E-state index contributed by atoms with van der Waals surface area (Å²) in [6.07, 6.45) is 1.35. The van der Waals surface area contributed by atoms with Gasteiger partial charge in [-0.3, -0.25) is 14.9 Å². The normalized spacial score (nSPS) is 11.8. The number of non-ortho nitro benzene ring substituents is 1. The number of nitro benzene ring substituents is 1. The molecule has 1 atom stereocenters. The average Bonchev–Trinajstić information content (AvgIpc) is 2.62. The van der Waals surface area contributed by atoms with Crippen LogP contribution in [0.5, 0.6) is 5.75 Å². The lowest BCUT2D eigenvalue weighted by Crippen LogP contribution is -2.35. The average molecular weight is 342 g/mol. The molecule has 25 heavy (non-hydrogen) atoms. The molecule has 2 N–H and O–H groups in total. The number of carbonyl (C=O) groups is 1. The van der Waals surface area contributed by atoms with Gasteiger partial charge >= 0.3 is 0 Å². The summed E-state index contributed by atoms with van der Waals surface area (Å²) in [6.45, 7) is 1.69. The van der Waals surface area contributed by atoms with Crippen molar-refractivity contribution in [3.8, 4) is 5.75 Å². The summed E-state index contributed by atoms with van der Waals surface area (Å²) < 4.78 is 5.22. The summed E-state index contributed by atoms with van der Waals surface area (Å²) in [6, 6.07) is 12.6. The number of nitrogens with zero attached hydrogens (tertiary/aromatic N) is 2. The molecule has 0 aliphatic heterocycles. The van der Waals surface area contributed by atoms with E-state index < -0.39 is 11.0 Å². The molecular weight excluding hydrogens is 324 g/mol. The zero-order valence-electron chi connectivity index (χ0n) is 13.8. The van der Waals surface area contributed by atoms with Gasteiger partial charge < -0.3 is 10.1 Å². The molecule has 0 unspecified atom stereocenters. The molecule has 0 aliphatic rings. The number of amides is 1. The highest BCUT2D eigenvalue weighted by Crippen LogP contribution is 2.23. The van der Waals surface area contributed by atoms with Crippen molar-refractivity contribution in [2.24, 2.45) is 5.10 Å². The highest BCUT2D eigenvalue weighted by Gasteiger charge is 2.13. The van der Waals surface area contributed by atoms with E-state index in [1.807, 2.05) is 12.1 Å². The smallest absolute Gasteiger partial charge is 0.270 e. The number of hydrogen-bond donors (Lipinski definition) is 2. The van der Waals surface area contributed by atoms with Gasteiger partial charge in [-0.1, -0.05) is 24.3 Å². The third-order valence-electron chi connectivity index (χ3n) is 3.34. The van der Waals surface area contributed by atoms with Crippen molar-refractivity contribution < 1.29 is 14.5 Å². The lowest BCUT2D eigenvalue weighted by molar-refractivity contribution is -0.384. The van der Waals surface area contributed by atoms with E-state index in [0.29, 0.717) is 17.0 Å². The van der Waals surface area contributed by atoms with Crippen molar-refractivity contribution in [1.82, 2.24) is 5.43 Å². The summed E-state index contributed by atoms with van der Waals surface area (Å²) in [7, 11) is 1.55. The third kappa shape index (κ3) is 5.03. The summed E-state index contributed by atoms with van der Waals surface area (Å²) in [5, 5.41) is 17.6. The van der Waals surface area contributed by atoms with Gasteiger partial charge in [0.05, 0.1) is 23.9 Å². The number of para-hydroxylation sites is 2. The molecule has 0 spiro atoms. The number of rotatable bonds is 7. The Balaban J connectivity index is 1.95. The number of ether oxygens (including phenoxy) is 1. The maximum Gasteiger partial charge on any atom is 0.270 e. The summed E-state index contributed by atoms with van der Waals surface area (Å²) in [5.41, 5.74) is 3.56. The van der Waals surface area contributed by atoms with E-state index in [-0.39, 0.29) is 11.6 Å². The molecule has 0 radical (unpaired) electrons. The van der Waals surface area contributed by atoms with Gasteiger partial charge in [-0.2, -0.15) is 5.10 Å². The first-order valence-electron chi connectivity index (χ1n) is 7.48. The van der Waals surface area contributed by atoms with Gasteiger partial charge in [0.1, 0.15) is 11.8 Å². The number of hydrogen-bond acceptors (Lipinski definition) is 6. The Labute approximate surface area is 144 Å². The van der Waals surface area contributed by atoms with Crippen LogP contribution in [0.15, 0.2) is 53.6 Å². The van der Waals surface area contributed by atoms with E-state index in [9.17, 15) is 14.9 Å². The first kappa shape index (κ1) is 17.9. The minimum absolute atomic E-state index is 0.0403. The summed E-state index contributed by atoms with van der Waals surface area (Å²) in [4.78, 5) is 22.3. The number of benzene rings is 2. The Morgan fingerprint density at radius 1 is 1.28 bits per heavy atom. The highest BCUT2D eigenvalue weighted by molar-refractivity contribution is 5.87. The fourth-order valence-electron chi connectivity index (χ4n) is 2.05. The number of methoxy groups -OCH3 is 1. The van der Waals surface area contributed by atoms with Gasteiger partial charge in [0.2, 0.25) is 0 Å². The van der Waals surface area contributed by atoms with E-state index in [4.69, 9.17) is 4.74 Å². The zero-order chi connectivity index (χ0) is 18.2. The second kappa shape index (κ2) is 8.44. The lowest BCUT2D eigenvalue weighted by Gasteiger charge is -2.15. The second-order valence-electron chi connectivity index (χ2n) is 5.15. The molecule has 8 heteroatoms. The van der Waals surface area contributed by atoms with E-state index in [2.05, 4.69) is 15.8 Å². The molecule has 8 nitrogen and oxygen atoms in total. The Bertz CT molecular complexity index is 792. The van der Waals surface area contributed by atoms with Crippen LogP contribution in [0.4, 0.5) is 11.4 Å². The van der Waals surface area contributed by atoms with Crippen LogP contribution in [0.2, 0.25) is 0 Å². The minimum atomic E-state index is -0.557. The molecule has 2 aromatic carbocycles. The van der Waals surface area contributed by atoms with Crippen molar-refractivity contribution >= 4 is 23.5 Å². The fraction of sp³-hybridized carbons (Fsp3) is 0.176. The largest absolute Gasteiger partial charge is 0.495 e. The number of anilines is 1. The molecule has 0 heterocycles. The molecular formula is C17H18N4O4. The molecule has 2 rings (SSSR count). The van der Waals surface area contributed by atoms with Crippen LogP contribution < -0.4 is 15.5 Å². The second-order valence-corrected chi connectivity index (χ2v) is 5.15. The minimum Gasteiger partial charge on any atom is -0.495 e. The van der Waals surface area contributed by atoms with Gasteiger partial charge in [0, 0.05) is 17.7 Å². The maximum absolute atomic E-state index is 12.1. The fourth-order valence-corrected chi connectivity index (χ4v) is 2.05. The van der Waals surface area contributed by atoms with Crippen molar-refractivity contribution in [3.63, 3.8) is 0 Å². The standard InChI is InChI=1S/C17H18N4O4/c1-12(19-15-8-3-4-9-16(15)25-2)17(22)20-18-11-13-6-5-7-14(10-13)21(23)24/h3-12,19H,1-2H3,(H,20,22)/b18-11-/t12-/m0/s1. The molecule has 0 saturated carbocycles. The van der Waals surface area contributed by atoms with Crippen LogP contribution in [-0.2, 0) is 4.79 Å². The monoisotopic (exact) mass is 342 g/mol. The number of nitrogens with one attached hydrogen (secondary N) is 2. The van der Waals surface area contributed by atoms with Crippen molar-refractivity contribution in [2.75, 3.05) is 12.4 Å². The van der Waals surface area contributed by atoms with Gasteiger partial charge in [-0.25, -0.2) is 5.43 Å². The quantitative estimate of drug-likeness (QED) is 0.457. The van der Waals surface area contributed by atoms with Gasteiger partial charge in [-0.05, 0) is 19.1 Å². The Morgan fingerprint density at radius 3 is 2.76 bits per heavy atom. The van der Waals surface area contributed by atoms with E-state index in [1.54, 1.807) is 38.3 Å². The predicted octanol–water partition coefficient (Wildman–Crippen LogP) is 2.55.